The van der Waals surface area contributed by atoms with Crippen molar-refractivity contribution in [3.05, 3.63) is 47.4 Å². The normalized spacial score (nSPS) is 11.8. The molecule has 128 valence electrons. The van der Waals surface area contributed by atoms with Crippen molar-refractivity contribution >= 4 is 29.2 Å². The molecule has 1 heterocycles. The molecule has 0 saturated heterocycles. The number of carbonyl (C=O) groups excluding carboxylic acids is 1. The highest BCUT2D eigenvalue weighted by atomic mass is 35.5. The number of furan rings is 1. The van der Waals surface area contributed by atoms with E-state index in [-0.39, 0.29) is 13.0 Å². The summed E-state index contributed by atoms with van der Waals surface area (Å²) in [6, 6.07) is 7.14. The van der Waals surface area contributed by atoms with Gasteiger partial charge in [-0.05, 0) is 30.3 Å². The van der Waals surface area contributed by atoms with Gasteiger partial charge in [0.15, 0.2) is 0 Å². The second-order valence-corrected chi connectivity index (χ2v) is 5.36. The summed E-state index contributed by atoms with van der Waals surface area (Å²) in [7, 11) is 1.49. The summed E-state index contributed by atoms with van der Waals surface area (Å²) in [6.07, 6.45) is 1.26. The molecule has 0 spiro atoms. The largest absolute Gasteiger partial charge is 0.495 e. The van der Waals surface area contributed by atoms with Crippen molar-refractivity contribution < 1.29 is 23.8 Å². The smallest absolute Gasteiger partial charge is 0.321 e. The van der Waals surface area contributed by atoms with Crippen LogP contribution in [0.3, 0.4) is 0 Å². The zero-order valence-electron chi connectivity index (χ0n) is 12.9. The van der Waals surface area contributed by atoms with Gasteiger partial charge in [0.05, 0.1) is 31.4 Å². The number of halogens is 1. The maximum Gasteiger partial charge on any atom is 0.321 e. The highest BCUT2D eigenvalue weighted by Gasteiger charge is 2.21. The van der Waals surface area contributed by atoms with Crippen LogP contribution in [0.5, 0.6) is 5.75 Å². The van der Waals surface area contributed by atoms with Gasteiger partial charge < -0.3 is 19.6 Å². The van der Waals surface area contributed by atoms with E-state index in [1.54, 1.807) is 24.3 Å². The van der Waals surface area contributed by atoms with Crippen LogP contribution in [0.1, 0.15) is 12.2 Å². The molecule has 0 aliphatic rings. The van der Waals surface area contributed by atoms with Gasteiger partial charge in [-0.2, -0.15) is 0 Å². The minimum Gasteiger partial charge on any atom is -0.495 e. The van der Waals surface area contributed by atoms with Gasteiger partial charge >= 0.3 is 5.97 Å². The molecule has 3 N–H and O–H groups in total. The number of methoxy groups -OCH3 is 1. The Morgan fingerprint density at radius 1 is 1.38 bits per heavy atom. The minimum absolute atomic E-state index is 0.214. The van der Waals surface area contributed by atoms with Crippen LogP contribution in [0.2, 0.25) is 5.02 Å². The average Bonchev–Trinajstić information content (AvgIpc) is 3.04. The lowest BCUT2D eigenvalue weighted by Crippen LogP contribution is -2.39. The van der Waals surface area contributed by atoms with Crippen molar-refractivity contribution in [3.63, 3.8) is 0 Å². The molecule has 1 amide bonds. The Morgan fingerprint density at radius 2 is 2.17 bits per heavy atom. The van der Waals surface area contributed by atoms with E-state index in [4.69, 9.17) is 20.8 Å². The van der Waals surface area contributed by atoms with Crippen molar-refractivity contribution in [1.82, 2.24) is 5.32 Å². The van der Waals surface area contributed by atoms with Gasteiger partial charge in [-0.3, -0.25) is 14.9 Å². The van der Waals surface area contributed by atoms with Crippen LogP contribution >= 0.6 is 11.6 Å². The Morgan fingerprint density at radius 3 is 2.75 bits per heavy atom. The average molecular weight is 353 g/mol. The zero-order chi connectivity index (χ0) is 17.5. The molecule has 2 rings (SSSR count). The number of benzene rings is 1. The van der Waals surface area contributed by atoms with E-state index in [9.17, 15) is 14.7 Å². The van der Waals surface area contributed by atoms with E-state index < -0.39 is 17.9 Å². The topological polar surface area (TPSA) is 101 Å². The number of hydrogen-bond donors (Lipinski definition) is 3. The Bertz CT molecular complexity index is 702. The third kappa shape index (κ3) is 5.00. The lowest BCUT2D eigenvalue weighted by molar-refractivity contribution is -0.141. The number of carboxylic acid groups (broad SMARTS) is 1. The molecule has 0 aliphatic carbocycles. The first-order chi connectivity index (χ1) is 11.5. The van der Waals surface area contributed by atoms with Crippen LogP contribution < -0.4 is 15.4 Å². The molecule has 7 nitrogen and oxygen atoms in total. The van der Waals surface area contributed by atoms with Gasteiger partial charge in [0.1, 0.15) is 17.6 Å². The number of aliphatic carboxylic acids is 1. The number of rotatable bonds is 8. The van der Waals surface area contributed by atoms with Gasteiger partial charge in [-0.25, -0.2) is 0 Å². The zero-order valence-corrected chi connectivity index (χ0v) is 13.7. The fourth-order valence-electron chi connectivity index (χ4n) is 2.03. The number of amides is 1. The molecule has 1 aromatic carbocycles. The molecule has 0 saturated carbocycles. The Kier molecular flexibility index (Phi) is 6.22. The molecule has 1 unspecified atom stereocenters. The summed E-state index contributed by atoms with van der Waals surface area (Å²) >= 11 is 5.98. The van der Waals surface area contributed by atoms with E-state index in [1.165, 1.54) is 19.4 Å². The Labute approximate surface area is 143 Å². The fourth-order valence-corrected chi connectivity index (χ4v) is 2.28. The lowest BCUT2D eigenvalue weighted by Gasteiger charge is -2.14. The van der Waals surface area contributed by atoms with Crippen LogP contribution in [0.25, 0.3) is 0 Å². The highest BCUT2D eigenvalue weighted by molar-refractivity contribution is 6.32. The summed E-state index contributed by atoms with van der Waals surface area (Å²) < 4.78 is 10.1. The second-order valence-electron chi connectivity index (χ2n) is 4.95. The van der Waals surface area contributed by atoms with Gasteiger partial charge in [0.2, 0.25) is 5.91 Å². The molecule has 0 aliphatic heterocycles. The summed E-state index contributed by atoms with van der Waals surface area (Å²) in [6.45, 7) is 0.214. The van der Waals surface area contributed by atoms with Crippen molar-refractivity contribution in [2.24, 2.45) is 0 Å². The fraction of sp³-hybridized carbons (Fsp3) is 0.250. The molecule has 1 aromatic heterocycles. The van der Waals surface area contributed by atoms with Crippen LogP contribution in [0, 0.1) is 0 Å². The molecule has 24 heavy (non-hydrogen) atoms. The van der Waals surface area contributed by atoms with E-state index in [1.807, 2.05) is 0 Å². The maximum atomic E-state index is 12.0. The maximum absolute atomic E-state index is 12.0. The van der Waals surface area contributed by atoms with E-state index >= 15 is 0 Å². The summed E-state index contributed by atoms with van der Waals surface area (Å²) in [4.78, 5) is 23.3. The predicted octanol–water partition coefficient (Wildman–Crippen LogP) is 2.51. The van der Waals surface area contributed by atoms with E-state index in [0.29, 0.717) is 22.2 Å². The molecule has 1 atom stereocenters. The van der Waals surface area contributed by atoms with Crippen molar-refractivity contribution in [2.45, 2.75) is 19.0 Å². The number of carbonyl (C=O) groups is 2. The van der Waals surface area contributed by atoms with Crippen molar-refractivity contribution in [2.75, 3.05) is 12.4 Å². The molecular weight excluding hydrogens is 336 g/mol. The molecular formula is C16H17ClN2O5. The number of ether oxygens (including phenoxy) is 1. The van der Waals surface area contributed by atoms with Gasteiger partial charge in [-0.1, -0.05) is 11.6 Å². The first-order valence-corrected chi connectivity index (χ1v) is 7.49. The number of nitrogens with one attached hydrogen (secondary N) is 2. The number of anilines is 1. The standard InChI is InChI=1S/C16H17ClN2O5/c1-23-14-5-4-10(7-12(14)17)19-15(20)8-13(16(21)22)18-9-11-3-2-6-24-11/h2-7,13,18H,8-9H2,1H3,(H,19,20)(H,21,22). The predicted molar refractivity (Wildman–Crippen MR) is 88.2 cm³/mol. The van der Waals surface area contributed by atoms with Crippen LogP contribution in [-0.4, -0.2) is 30.1 Å². The van der Waals surface area contributed by atoms with Crippen LogP contribution in [0.4, 0.5) is 5.69 Å². The monoisotopic (exact) mass is 352 g/mol. The SMILES string of the molecule is COc1ccc(NC(=O)CC(NCc2ccco2)C(=O)O)cc1Cl. The minimum atomic E-state index is -1.12. The molecule has 8 heteroatoms. The molecule has 0 fully saturated rings. The molecule has 0 bridgehead atoms. The number of carboxylic acids is 1. The van der Waals surface area contributed by atoms with Gasteiger partial charge in [0.25, 0.3) is 0 Å². The Hall–Kier alpha value is -2.51. The quantitative estimate of drug-likeness (QED) is 0.675. The second kappa shape index (κ2) is 8.37. The summed E-state index contributed by atoms with van der Waals surface area (Å²) in [5.74, 6) is -0.498. The van der Waals surface area contributed by atoms with Crippen molar-refractivity contribution in [1.29, 1.82) is 0 Å². The lowest BCUT2D eigenvalue weighted by atomic mass is 10.2. The highest BCUT2D eigenvalue weighted by Crippen LogP contribution is 2.27. The molecule has 2 aromatic rings. The Balaban J connectivity index is 1.92. The molecule has 0 radical (unpaired) electrons. The van der Waals surface area contributed by atoms with Crippen molar-refractivity contribution in [3.8, 4) is 5.75 Å². The van der Waals surface area contributed by atoms with E-state index in [2.05, 4.69) is 10.6 Å². The third-order valence-electron chi connectivity index (χ3n) is 3.23. The summed E-state index contributed by atoms with van der Waals surface area (Å²) in [5.41, 5.74) is 0.459. The van der Waals surface area contributed by atoms with Gasteiger partial charge in [-0.15, -0.1) is 0 Å². The first kappa shape index (κ1) is 17.8. The third-order valence-corrected chi connectivity index (χ3v) is 3.52. The van der Waals surface area contributed by atoms with Crippen LogP contribution in [-0.2, 0) is 16.1 Å². The summed E-state index contributed by atoms with van der Waals surface area (Å²) in [5, 5.41) is 14.9. The van der Waals surface area contributed by atoms with Crippen LogP contribution in [0.15, 0.2) is 41.0 Å². The van der Waals surface area contributed by atoms with E-state index in [0.717, 1.165) is 0 Å². The van der Waals surface area contributed by atoms with Gasteiger partial charge in [0, 0.05) is 5.69 Å². The number of hydrogen-bond acceptors (Lipinski definition) is 5. The first-order valence-electron chi connectivity index (χ1n) is 7.11.